The first-order valence-electron chi connectivity index (χ1n) is 5.16. The summed E-state index contributed by atoms with van der Waals surface area (Å²) in [4.78, 5) is 11.7. The van der Waals surface area contributed by atoms with E-state index in [0.29, 0.717) is 5.92 Å². The van der Waals surface area contributed by atoms with Crippen molar-refractivity contribution >= 4 is 0 Å². The maximum Gasteiger partial charge on any atom is 0.253 e. The predicted molar refractivity (Wildman–Crippen MR) is 59.9 cm³/mol. The lowest BCUT2D eigenvalue weighted by Crippen LogP contribution is -2.24. The fourth-order valence-corrected chi connectivity index (χ4v) is 1.47. The largest absolute Gasteiger partial charge is 0.313 e. The van der Waals surface area contributed by atoms with Crippen molar-refractivity contribution in [1.82, 2.24) is 4.57 Å². The highest BCUT2D eigenvalue weighted by molar-refractivity contribution is 5.21. The van der Waals surface area contributed by atoms with E-state index in [-0.39, 0.29) is 11.6 Å². The normalized spacial score (nSPS) is 11.4. The quantitative estimate of drug-likeness (QED) is 0.708. The number of hydrogen-bond donors (Lipinski definition) is 0. The van der Waals surface area contributed by atoms with Gasteiger partial charge in [-0.15, -0.1) is 0 Å². The van der Waals surface area contributed by atoms with Gasteiger partial charge in [0.05, 0.1) is 0 Å². The van der Waals surface area contributed by atoms with Gasteiger partial charge in [0, 0.05) is 17.8 Å². The Labute approximate surface area is 85.6 Å². The number of aromatic nitrogens is 1. The number of rotatable bonds is 2. The highest BCUT2D eigenvalue weighted by Gasteiger charge is 2.07. The summed E-state index contributed by atoms with van der Waals surface area (Å²) in [6.45, 7) is 10.2. The molecule has 0 radical (unpaired) electrons. The Morgan fingerprint density at radius 1 is 1.21 bits per heavy atom. The van der Waals surface area contributed by atoms with Gasteiger partial charge in [0.2, 0.25) is 0 Å². The first kappa shape index (κ1) is 11.0. The van der Waals surface area contributed by atoms with E-state index in [1.165, 1.54) is 5.56 Å². The molecule has 0 atom stereocenters. The minimum atomic E-state index is 0.129. The second-order valence-electron chi connectivity index (χ2n) is 4.42. The van der Waals surface area contributed by atoms with Gasteiger partial charge in [-0.1, -0.05) is 13.8 Å². The first-order valence-corrected chi connectivity index (χ1v) is 5.16. The Morgan fingerprint density at radius 3 is 2.21 bits per heavy atom. The lowest BCUT2D eigenvalue weighted by atomic mass is 10.0. The first-order chi connectivity index (χ1) is 6.43. The number of aryl methyl sites for hydroxylation is 1. The maximum absolute atomic E-state index is 11.7. The standard InChI is InChI=1S/C12H19NO/c1-8(2)11-6-10(5)12(14)13(7-11)9(3)4/h6-9H,1-5H3. The third-order valence-electron chi connectivity index (χ3n) is 2.47. The van der Waals surface area contributed by atoms with Crippen LogP contribution in [0.25, 0.3) is 0 Å². The fraction of sp³-hybridized carbons (Fsp3) is 0.583. The summed E-state index contributed by atoms with van der Waals surface area (Å²) < 4.78 is 1.81. The summed E-state index contributed by atoms with van der Waals surface area (Å²) >= 11 is 0. The fourth-order valence-electron chi connectivity index (χ4n) is 1.47. The molecule has 0 aromatic carbocycles. The molecule has 0 unspecified atom stereocenters. The second kappa shape index (κ2) is 3.99. The number of pyridine rings is 1. The van der Waals surface area contributed by atoms with Crippen LogP contribution < -0.4 is 5.56 Å². The third-order valence-corrected chi connectivity index (χ3v) is 2.47. The average molecular weight is 193 g/mol. The molecule has 2 heteroatoms. The second-order valence-corrected chi connectivity index (χ2v) is 4.42. The summed E-state index contributed by atoms with van der Waals surface area (Å²) in [5.74, 6) is 0.472. The van der Waals surface area contributed by atoms with E-state index in [9.17, 15) is 4.79 Å². The van der Waals surface area contributed by atoms with Crippen LogP contribution in [0.2, 0.25) is 0 Å². The van der Waals surface area contributed by atoms with Crippen molar-refractivity contribution in [3.05, 3.63) is 33.7 Å². The summed E-state index contributed by atoms with van der Waals surface area (Å²) in [5.41, 5.74) is 2.20. The molecule has 0 aliphatic carbocycles. The molecule has 0 saturated carbocycles. The van der Waals surface area contributed by atoms with Gasteiger partial charge in [0.25, 0.3) is 5.56 Å². The molecule has 0 saturated heterocycles. The molecule has 1 aromatic rings. The molecule has 0 bridgehead atoms. The van der Waals surface area contributed by atoms with Crippen LogP contribution in [0, 0.1) is 6.92 Å². The SMILES string of the molecule is Cc1cc(C(C)C)cn(C(C)C)c1=O. The minimum Gasteiger partial charge on any atom is -0.313 e. The molecule has 1 heterocycles. The average Bonchev–Trinajstić information content (AvgIpc) is 2.08. The number of hydrogen-bond acceptors (Lipinski definition) is 1. The summed E-state index contributed by atoms with van der Waals surface area (Å²) in [6.07, 6.45) is 1.98. The summed E-state index contributed by atoms with van der Waals surface area (Å²) in [7, 11) is 0. The monoisotopic (exact) mass is 193 g/mol. The Hall–Kier alpha value is -1.05. The Kier molecular flexibility index (Phi) is 3.14. The molecule has 1 rings (SSSR count). The zero-order valence-corrected chi connectivity index (χ0v) is 9.66. The Bertz CT molecular complexity index is 374. The molecule has 0 spiro atoms. The van der Waals surface area contributed by atoms with E-state index in [2.05, 4.69) is 13.8 Å². The lowest BCUT2D eigenvalue weighted by Gasteiger charge is -2.14. The van der Waals surface area contributed by atoms with Gasteiger partial charge in [-0.05, 0) is 38.3 Å². The molecule has 0 fully saturated rings. The van der Waals surface area contributed by atoms with Crippen LogP contribution in [0.4, 0.5) is 0 Å². The molecule has 0 amide bonds. The van der Waals surface area contributed by atoms with Crippen molar-refractivity contribution in [3.8, 4) is 0 Å². The van der Waals surface area contributed by atoms with Crippen molar-refractivity contribution < 1.29 is 0 Å². The van der Waals surface area contributed by atoms with Gasteiger partial charge in [0.1, 0.15) is 0 Å². The van der Waals surface area contributed by atoms with Gasteiger partial charge in [0.15, 0.2) is 0 Å². The molecule has 0 aliphatic heterocycles. The summed E-state index contributed by atoms with van der Waals surface area (Å²) in [5, 5.41) is 0. The highest BCUT2D eigenvalue weighted by Crippen LogP contribution is 2.15. The highest BCUT2D eigenvalue weighted by atomic mass is 16.1. The van der Waals surface area contributed by atoms with E-state index in [4.69, 9.17) is 0 Å². The van der Waals surface area contributed by atoms with Crippen molar-refractivity contribution in [2.45, 2.75) is 46.6 Å². The van der Waals surface area contributed by atoms with Gasteiger partial charge >= 0.3 is 0 Å². The maximum atomic E-state index is 11.7. The van der Waals surface area contributed by atoms with Crippen LogP contribution in [-0.4, -0.2) is 4.57 Å². The topological polar surface area (TPSA) is 22.0 Å². The van der Waals surface area contributed by atoms with E-state index in [0.717, 1.165) is 5.56 Å². The molecule has 14 heavy (non-hydrogen) atoms. The molecule has 1 aromatic heterocycles. The molecule has 0 N–H and O–H groups in total. The van der Waals surface area contributed by atoms with Gasteiger partial charge in [-0.3, -0.25) is 4.79 Å². The Morgan fingerprint density at radius 2 is 1.79 bits per heavy atom. The van der Waals surface area contributed by atoms with Crippen LogP contribution in [0.15, 0.2) is 17.1 Å². The van der Waals surface area contributed by atoms with E-state index in [1.807, 2.05) is 37.6 Å². The smallest absolute Gasteiger partial charge is 0.253 e. The van der Waals surface area contributed by atoms with Crippen molar-refractivity contribution in [2.24, 2.45) is 0 Å². The summed E-state index contributed by atoms with van der Waals surface area (Å²) in [6, 6.07) is 2.23. The van der Waals surface area contributed by atoms with Gasteiger partial charge in [-0.2, -0.15) is 0 Å². The molecule has 0 aliphatic rings. The third kappa shape index (κ3) is 2.06. The molecular formula is C12H19NO. The Balaban J connectivity index is 3.36. The molecular weight excluding hydrogens is 174 g/mol. The molecule has 78 valence electrons. The van der Waals surface area contributed by atoms with E-state index in [1.54, 1.807) is 0 Å². The van der Waals surface area contributed by atoms with Crippen molar-refractivity contribution in [1.29, 1.82) is 0 Å². The van der Waals surface area contributed by atoms with Gasteiger partial charge in [-0.25, -0.2) is 0 Å². The van der Waals surface area contributed by atoms with Crippen LogP contribution in [0.3, 0.4) is 0 Å². The van der Waals surface area contributed by atoms with E-state index < -0.39 is 0 Å². The van der Waals surface area contributed by atoms with E-state index >= 15 is 0 Å². The van der Waals surface area contributed by atoms with Crippen LogP contribution in [-0.2, 0) is 0 Å². The number of nitrogens with zero attached hydrogens (tertiary/aromatic N) is 1. The van der Waals surface area contributed by atoms with Crippen LogP contribution >= 0.6 is 0 Å². The van der Waals surface area contributed by atoms with Crippen LogP contribution in [0.1, 0.15) is 50.8 Å². The zero-order valence-electron chi connectivity index (χ0n) is 9.66. The molecule has 2 nitrogen and oxygen atoms in total. The van der Waals surface area contributed by atoms with Crippen LogP contribution in [0.5, 0.6) is 0 Å². The van der Waals surface area contributed by atoms with Crippen molar-refractivity contribution in [2.75, 3.05) is 0 Å². The lowest BCUT2D eigenvalue weighted by molar-refractivity contribution is 0.569. The minimum absolute atomic E-state index is 0.129. The van der Waals surface area contributed by atoms with Gasteiger partial charge < -0.3 is 4.57 Å². The zero-order chi connectivity index (χ0) is 10.9. The van der Waals surface area contributed by atoms with Crippen molar-refractivity contribution in [3.63, 3.8) is 0 Å². The predicted octanol–water partition coefficient (Wildman–Crippen LogP) is 2.86.